The Morgan fingerprint density at radius 1 is 0.886 bits per heavy atom. The third-order valence-electron chi connectivity index (χ3n) is 6.85. The molecule has 6 atom stereocenters. The van der Waals surface area contributed by atoms with Gasteiger partial charge in [-0.3, -0.25) is 24.1 Å². The number of carbonyl (C=O) groups is 4. The highest BCUT2D eigenvalue weighted by atomic mass is 79.9. The van der Waals surface area contributed by atoms with E-state index in [0.717, 1.165) is 11.3 Å². The Kier molecular flexibility index (Phi) is 6.67. The monoisotopic (exact) mass is 604 g/mol. The number of carbonyl (C=O) groups excluding carboxylic acids is 4. The number of esters is 1. The Morgan fingerprint density at radius 2 is 1.46 bits per heavy atom. The molecule has 10 heteroatoms. The van der Waals surface area contributed by atoms with Crippen molar-refractivity contribution in [1.29, 1.82) is 0 Å². The number of hydrogen-bond acceptors (Lipinski definition) is 6. The number of halogens is 2. The van der Waals surface area contributed by atoms with Crippen LogP contribution in [0.3, 0.4) is 0 Å². The summed E-state index contributed by atoms with van der Waals surface area (Å²) in [4.78, 5) is 51.5. The van der Waals surface area contributed by atoms with Crippen molar-refractivity contribution in [2.75, 3.05) is 18.5 Å². The SMILES string of the molecule is O=C(COC(=O)CN1C(=O)[C@@H]2[C@H]3C[C@@H]([C@@H](Br)[C@H]3Br)[C@H]2C1=O)Nc1ccc(Oc2ccccc2)cc1. The number of imide groups is 1. The minimum absolute atomic E-state index is 0.0714. The summed E-state index contributed by atoms with van der Waals surface area (Å²) in [5.74, 6) is -1.32. The summed E-state index contributed by atoms with van der Waals surface area (Å²) in [5, 5.41) is 2.63. The first kappa shape index (κ1) is 24.0. The Morgan fingerprint density at radius 3 is 2.06 bits per heavy atom. The lowest BCUT2D eigenvalue weighted by molar-refractivity contribution is -0.154. The fourth-order valence-corrected chi connectivity index (χ4v) is 7.19. The zero-order valence-electron chi connectivity index (χ0n) is 18.4. The van der Waals surface area contributed by atoms with E-state index in [9.17, 15) is 19.2 Å². The lowest BCUT2D eigenvalue weighted by Crippen LogP contribution is -2.38. The van der Waals surface area contributed by atoms with Gasteiger partial charge in [-0.2, -0.15) is 0 Å². The van der Waals surface area contributed by atoms with E-state index in [1.54, 1.807) is 24.3 Å². The fourth-order valence-electron chi connectivity index (χ4n) is 5.32. The number of ether oxygens (including phenoxy) is 2. The summed E-state index contributed by atoms with van der Waals surface area (Å²) in [6, 6.07) is 16.0. The Hall–Kier alpha value is -2.72. The highest BCUT2D eigenvalue weighted by molar-refractivity contribution is 9.12. The maximum absolute atomic E-state index is 12.9. The van der Waals surface area contributed by atoms with Crippen LogP contribution in [0, 0.1) is 23.7 Å². The Bertz CT molecular complexity index is 1130. The molecule has 3 aliphatic rings. The summed E-state index contributed by atoms with van der Waals surface area (Å²) in [5.41, 5.74) is 0.508. The van der Waals surface area contributed by atoms with Gasteiger partial charge in [0.1, 0.15) is 18.0 Å². The molecule has 182 valence electrons. The lowest BCUT2D eigenvalue weighted by atomic mass is 9.81. The van der Waals surface area contributed by atoms with E-state index >= 15 is 0 Å². The molecular weight excluding hydrogens is 584 g/mol. The van der Waals surface area contributed by atoms with Gasteiger partial charge in [0.05, 0.1) is 11.8 Å². The number of likely N-dealkylation sites (tertiary alicyclic amines) is 1. The number of fused-ring (bicyclic) bond motifs is 5. The molecule has 5 rings (SSSR count). The van der Waals surface area contributed by atoms with E-state index in [4.69, 9.17) is 9.47 Å². The van der Waals surface area contributed by atoms with Gasteiger partial charge in [-0.25, -0.2) is 0 Å². The van der Waals surface area contributed by atoms with Gasteiger partial charge in [0.2, 0.25) is 11.8 Å². The number of amides is 3. The zero-order chi connectivity index (χ0) is 24.7. The summed E-state index contributed by atoms with van der Waals surface area (Å²) < 4.78 is 10.7. The van der Waals surface area contributed by atoms with Gasteiger partial charge in [0.15, 0.2) is 6.61 Å². The maximum atomic E-state index is 12.9. The van der Waals surface area contributed by atoms with Crippen LogP contribution in [0.1, 0.15) is 6.42 Å². The normalized spacial score (nSPS) is 28.7. The van der Waals surface area contributed by atoms with Gasteiger partial charge >= 0.3 is 5.97 Å². The molecule has 1 saturated heterocycles. The van der Waals surface area contributed by atoms with Crippen LogP contribution in [0.25, 0.3) is 0 Å². The van der Waals surface area contributed by atoms with Crippen LogP contribution in [-0.4, -0.2) is 51.4 Å². The van der Waals surface area contributed by atoms with Crippen molar-refractivity contribution in [3.63, 3.8) is 0 Å². The summed E-state index contributed by atoms with van der Waals surface area (Å²) in [7, 11) is 0. The molecular formula is C25H22Br2N2O6. The van der Waals surface area contributed by atoms with Crippen LogP contribution in [0.2, 0.25) is 0 Å². The van der Waals surface area contributed by atoms with Crippen molar-refractivity contribution in [1.82, 2.24) is 4.90 Å². The third-order valence-corrected chi connectivity index (χ3v) is 10.1. The largest absolute Gasteiger partial charge is 0.457 e. The number of hydrogen-bond donors (Lipinski definition) is 1. The van der Waals surface area contributed by atoms with Gasteiger partial charge < -0.3 is 14.8 Å². The Labute approximate surface area is 218 Å². The molecule has 2 aromatic rings. The second-order valence-electron chi connectivity index (χ2n) is 8.91. The Balaban J connectivity index is 1.10. The molecule has 1 heterocycles. The number of anilines is 1. The van der Waals surface area contributed by atoms with Gasteiger partial charge in [-0.1, -0.05) is 50.1 Å². The topological polar surface area (TPSA) is 102 Å². The maximum Gasteiger partial charge on any atom is 0.326 e. The average molecular weight is 606 g/mol. The quantitative estimate of drug-likeness (QED) is 0.293. The molecule has 0 aromatic heterocycles. The van der Waals surface area contributed by atoms with E-state index in [1.165, 1.54) is 0 Å². The van der Waals surface area contributed by atoms with Crippen molar-refractivity contribution in [2.24, 2.45) is 23.7 Å². The molecule has 3 amide bonds. The van der Waals surface area contributed by atoms with Crippen LogP contribution in [-0.2, 0) is 23.9 Å². The van der Waals surface area contributed by atoms with Crippen LogP contribution in [0.5, 0.6) is 11.5 Å². The second kappa shape index (κ2) is 9.73. The lowest BCUT2D eigenvalue weighted by Gasteiger charge is -2.28. The van der Waals surface area contributed by atoms with E-state index in [1.807, 2.05) is 30.3 Å². The molecule has 2 aromatic carbocycles. The molecule has 8 nitrogen and oxygen atoms in total. The highest BCUT2D eigenvalue weighted by Crippen LogP contribution is 2.60. The van der Waals surface area contributed by atoms with Crippen LogP contribution in [0.15, 0.2) is 54.6 Å². The minimum atomic E-state index is -0.799. The molecule has 0 spiro atoms. The third kappa shape index (κ3) is 4.61. The first-order valence-corrected chi connectivity index (χ1v) is 13.1. The van der Waals surface area contributed by atoms with Crippen LogP contribution < -0.4 is 10.1 Å². The van der Waals surface area contributed by atoms with Crippen molar-refractivity contribution < 1.29 is 28.7 Å². The second-order valence-corrected chi connectivity index (χ2v) is 11.0. The zero-order valence-corrected chi connectivity index (χ0v) is 21.6. The van der Waals surface area contributed by atoms with Crippen molar-refractivity contribution in [2.45, 2.75) is 16.1 Å². The van der Waals surface area contributed by atoms with E-state index in [2.05, 4.69) is 37.2 Å². The fraction of sp³-hybridized carbons (Fsp3) is 0.360. The van der Waals surface area contributed by atoms with Gasteiger partial charge in [0.25, 0.3) is 5.91 Å². The molecule has 35 heavy (non-hydrogen) atoms. The van der Waals surface area contributed by atoms with E-state index < -0.39 is 36.9 Å². The summed E-state index contributed by atoms with van der Waals surface area (Å²) in [6.07, 6.45) is 0.816. The van der Waals surface area contributed by atoms with Crippen molar-refractivity contribution >= 4 is 61.2 Å². The highest BCUT2D eigenvalue weighted by Gasteiger charge is 2.66. The average Bonchev–Trinajstić information content (AvgIpc) is 3.46. The van der Waals surface area contributed by atoms with Gasteiger partial charge in [-0.15, -0.1) is 0 Å². The molecule has 3 fully saturated rings. The van der Waals surface area contributed by atoms with E-state index in [0.29, 0.717) is 17.2 Å². The summed E-state index contributed by atoms with van der Waals surface area (Å²) in [6.45, 7) is -1.01. The minimum Gasteiger partial charge on any atom is -0.457 e. The predicted octanol–water partition coefficient (Wildman–Crippen LogP) is 3.74. The molecule has 2 bridgehead atoms. The van der Waals surface area contributed by atoms with Crippen molar-refractivity contribution in [3.05, 3.63) is 54.6 Å². The first-order chi connectivity index (χ1) is 16.8. The van der Waals surface area contributed by atoms with Crippen molar-refractivity contribution in [3.8, 4) is 11.5 Å². The molecule has 1 aliphatic heterocycles. The number of alkyl halides is 2. The van der Waals surface area contributed by atoms with Gasteiger partial charge in [-0.05, 0) is 54.7 Å². The van der Waals surface area contributed by atoms with Crippen LogP contribution >= 0.6 is 31.9 Å². The summed E-state index contributed by atoms with van der Waals surface area (Å²) >= 11 is 7.26. The molecule has 0 unspecified atom stereocenters. The number of rotatable bonds is 7. The number of benzene rings is 2. The molecule has 2 saturated carbocycles. The predicted molar refractivity (Wildman–Crippen MR) is 133 cm³/mol. The first-order valence-electron chi connectivity index (χ1n) is 11.3. The molecule has 0 radical (unpaired) electrons. The standard InChI is InChI=1S/C25H22Br2N2O6/c26-22-16-10-17(23(22)27)21-20(16)24(32)29(25(21)33)11-19(31)34-12-18(30)28-13-6-8-15(9-7-13)35-14-4-2-1-3-5-14/h1-9,16-17,20-23H,10-12H2,(H,28,30)/t16-,17-,20-,21-,22-,23+/m1/s1. The van der Waals surface area contributed by atoms with E-state index in [-0.39, 0.29) is 33.3 Å². The smallest absolute Gasteiger partial charge is 0.326 e. The van der Waals surface area contributed by atoms with Gasteiger partial charge in [0, 0.05) is 15.3 Å². The molecule has 1 N–H and O–H groups in total. The molecule has 2 aliphatic carbocycles. The van der Waals surface area contributed by atoms with Crippen LogP contribution in [0.4, 0.5) is 5.69 Å². The number of nitrogens with one attached hydrogen (secondary N) is 1. The number of para-hydroxylation sites is 1. The number of nitrogens with zero attached hydrogens (tertiary/aromatic N) is 1.